The molecule has 0 spiro atoms. The molecular weight excluding hydrogens is 270 g/mol. The van der Waals surface area contributed by atoms with E-state index in [1.807, 2.05) is 45.0 Å². The smallest absolute Gasteiger partial charge is 0.249 e. The van der Waals surface area contributed by atoms with E-state index in [0.717, 1.165) is 11.3 Å². The van der Waals surface area contributed by atoms with Gasteiger partial charge in [-0.15, -0.1) is 0 Å². The van der Waals surface area contributed by atoms with Gasteiger partial charge in [0.15, 0.2) is 0 Å². The molecule has 1 rings (SSSR count). The summed E-state index contributed by atoms with van der Waals surface area (Å²) in [6.07, 6.45) is 1.27. The van der Waals surface area contributed by atoms with Gasteiger partial charge in [-0.25, -0.2) is 5.43 Å². The van der Waals surface area contributed by atoms with E-state index in [0.29, 0.717) is 6.61 Å². The van der Waals surface area contributed by atoms with E-state index >= 15 is 0 Å². The molecule has 0 atom stereocenters. The number of hydrogen-bond donors (Lipinski definition) is 2. The minimum absolute atomic E-state index is 0.0117. The van der Waals surface area contributed by atoms with Crippen LogP contribution < -0.4 is 15.5 Å². The number of hydrazone groups is 1. The predicted octanol–water partition coefficient (Wildman–Crippen LogP) is 1.45. The maximum atomic E-state index is 11.5. The molecular formula is C15H21N3O3. The molecule has 114 valence electrons. The van der Waals surface area contributed by atoms with Crippen LogP contribution in [0.5, 0.6) is 5.75 Å². The van der Waals surface area contributed by atoms with E-state index in [9.17, 15) is 9.59 Å². The highest BCUT2D eigenvalue weighted by Crippen LogP contribution is 2.10. The molecule has 1 aromatic rings. The maximum absolute atomic E-state index is 11.5. The van der Waals surface area contributed by atoms with Gasteiger partial charge in [0.2, 0.25) is 11.8 Å². The van der Waals surface area contributed by atoms with Crippen molar-refractivity contribution < 1.29 is 14.3 Å². The lowest BCUT2D eigenvalue weighted by atomic mass is 10.2. The standard InChI is InChI=1S/C15H21N3O3/c1-4-21-13-7-5-12(6-8-13)10-16-18-15(20)9-14(19)17-11(2)3/h5-8,10-11H,4,9H2,1-3H3,(H,17,19)(H,18,20). The Morgan fingerprint density at radius 2 is 1.90 bits per heavy atom. The molecule has 21 heavy (non-hydrogen) atoms. The molecule has 0 saturated carbocycles. The summed E-state index contributed by atoms with van der Waals surface area (Å²) in [7, 11) is 0. The zero-order chi connectivity index (χ0) is 15.7. The molecule has 0 saturated heterocycles. The summed E-state index contributed by atoms with van der Waals surface area (Å²) in [4.78, 5) is 22.8. The molecule has 0 aliphatic heterocycles. The zero-order valence-electron chi connectivity index (χ0n) is 12.6. The summed E-state index contributed by atoms with van der Waals surface area (Å²) >= 11 is 0. The SMILES string of the molecule is CCOc1ccc(C=NNC(=O)CC(=O)NC(C)C)cc1. The summed E-state index contributed by atoms with van der Waals surface area (Å²) < 4.78 is 5.32. The molecule has 2 amide bonds. The van der Waals surface area contributed by atoms with Gasteiger partial charge in [-0.1, -0.05) is 0 Å². The van der Waals surface area contributed by atoms with Gasteiger partial charge in [0.1, 0.15) is 12.2 Å². The molecule has 0 aliphatic carbocycles. The van der Waals surface area contributed by atoms with Crippen LogP contribution in [0.2, 0.25) is 0 Å². The largest absolute Gasteiger partial charge is 0.494 e. The quantitative estimate of drug-likeness (QED) is 0.453. The summed E-state index contributed by atoms with van der Waals surface area (Å²) in [5, 5.41) is 6.44. The Balaban J connectivity index is 2.39. The van der Waals surface area contributed by atoms with Crippen molar-refractivity contribution in [1.82, 2.24) is 10.7 Å². The van der Waals surface area contributed by atoms with Crippen LogP contribution in [0.3, 0.4) is 0 Å². The number of carbonyl (C=O) groups excluding carboxylic acids is 2. The monoisotopic (exact) mass is 291 g/mol. The van der Waals surface area contributed by atoms with Crippen LogP contribution in [0.15, 0.2) is 29.4 Å². The molecule has 6 heteroatoms. The van der Waals surface area contributed by atoms with Crippen molar-refractivity contribution in [3.8, 4) is 5.75 Å². The second-order valence-electron chi connectivity index (χ2n) is 4.69. The predicted molar refractivity (Wildman–Crippen MR) is 81.2 cm³/mol. The van der Waals surface area contributed by atoms with E-state index in [2.05, 4.69) is 15.8 Å². The van der Waals surface area contributed by atoms with Crippen LogP contribution in [0, 0.1) is 0 Å². The summed E-state index contributed by atoms with van der Waals surface area (Å²) in [6, 6.07) is 7.31. The van der Waals surface area contributed by atoms with Gasteiger partial charge >= 0.3 is 0 Å². The number of amides is 2. The molecule has 0 aliphatic rings. The highest BCUT2D eigenvalue weighted by molar-refractivity contribution is 5.97. The van der Waals surface area contributed by atoms with Gasteiger partial charge in [-0.2, -0.15) is 5.10 Å². The minimum atomic E-state index is -0.449. The number of carbonyl (C=O) groups is 2. The highest BCUT2D eigenvalue weighted by atomic mass is 16.5. The summed E-state index contributed by atoms with van der Waals surface area (Å²) in [5.74, 6) is 0.0122. The fourth-order valence-electron chi connectivity index (χ4n) is 1.55. The molecule has 0 aromatic heterocycles. The van der Waals surface area contributed by atoms with Crippen LogP contribution in [0.1, 0.15) is 32.8 Å². The Kier molecular flexibility index (Phi) is 6.94. The van der Waals surface area contributed by atoms with Crippen molar-refractivity contribution in [2.45, 2.75) is 33.2 Å². The third-order valence-corrected chi connectivity index (χ3v) is 2.36. The first-order chi connectivity index (χ1) is 10.0. The average Bonchev–Trinajstić information content (AvgIpc) is 2.40. The molecule has 0 fully saturated rings. The van der Waals surface area contributed by atoms with Crippen LogP contribution in [-0.2, 0) is 9.59 Å². The van der Waals surface area contributed by atoms with Crippen LogP contribution in [0.4, 0.5) is 0 Å². The van der Waals surface area contributed by atoms with E-state index in [1.165, 1.54) is 6.21 Å². The van der Waals surface area contributed by atoms with Gasteiger partial charge < -0.3 is 10.1 Å². The van der Waals surface area contributed by atoms with Gasteiger partial charge in [0.25, 0.3) is 0 Å². The Labute approximate surface area is 124 Å². The summed E-state index contributed by atoms with van der Waals surface area (Å²) in [6.45, 7) is 6.20. The average molecular weight is 291 g/mol. The van der Waals surface area contributed by atoms with Crippen LogP contribution in [-0.4, -0.2) is 30.7 Å². The third-order valence-electron chi connectivity index (χ3n) is 2.36. The number of rotatable bonds is 7. The zero-order valence-corrected chi connectivity index (χ0v) is 12.6. The fraction of sp³-hybridized carbons (Fsp3) is 0.400. The number of ether oxygens (including phenoxy) is 1. The molecule has 0 radical (unpaired) electrons. The van der Waals surface area contributed by atoms with Gasteiger partial charge in [0.05, 0.1) is 12.8 Å². The van der Waals surface area contributed by atoms with Crippen molar-refractivity contribution in [1.29, 1.82) is 0 Å². The molecule has 0 heterocycles. The fourth-order valence-corrected chi connectivity index (χ4v) is 1.55. The van der Waals surface area contributed by atoms with Gasteiger partial charge in [0, 0.05) is 6.04 Å². The van der Waals surface area contributed by atoms with E-state index in [1.54, 1.807) is 0 Å². The number of nitrogens with zero attached hydrogens (tertiary/aromatic N) is 1. The second kappa shape index (κ2) is 8.73. The number of hydrogen-bond acceptors (Lipinski definition) is 4. The van der Waals surface area contributed by atoms with E-state index in [-0.39, 0.29) is 18.4 Å². The summed E-state index contributed by atoms with van der Waals surface area (Å²) in [5.41, 5.74) is 3.14. The first kappa shape index (κ1) is 16.7. The molecule has 0 unspecified atom stereocenters. The Morgan fingerprint density at radius 1 is 1.24 bits per heavy atom. The van der Waals surface area contributed by atoms with Crippen LogP contribution in [0.25, 0.3) is 0 Å². The Hall–Kier alpha value is -2.37. The molecule has 6 nitrogen and oxygen atoms in total. The number of benzene rings is 1. The van der Waals surface area contributed by atoms with Crippen molar-refractivity contribution in [3.63, 3.8) is 0 Å². The Morgan fingerprint density at radius 3 is 2.48 bits per heavy atom. The van der Waals surface area contributed by atoms with Crippen molar-refractivity contribution in [2.75, 3.05) is 6.61 Å². The lowest BCUT2D eigenvalue weighted by Gasteiger charge is -2.06. The highest BCUT2D eigenvalue weighted by Gasteiger charge is 2.08. The Bertz CT molecular complexity index is 495. The number of nitrogens with one attached hydrogen (secondary N) is 2. The van der Waals surface area contributed by atoms with Gasteiger partial charge in [-0.05, 0) is 50.6 Å². The van der Waals surface area contributed by atoms with E-state index in [4.69, 9.17) is 4.74 Å². The lowest BCUT2D eigenvalue weighted by Crippen LogP contribution is -2.34. The molecule has 1 aromatic carbocycles. The third kappa shape index (κ3) is 7.10. The minimum Gasteiger partial charge on any atom is -0.494 e. The molecule has 2 N–H and O–H groups in total. The maximum Gasteiger partial charge on any atom is 0.249 e. The second-order valence-corrected chi connectivity index (χ2v) is 4.69. The van der Waals surface area contributed by atoms with Crippen molar-refractivity contribution in [3.05, 3.63) is 29.8 Å². The normalized spacial score (nSPS) is 10.7. The lowest BCUT2D eigenvalue weighted by molar-refractivity contribution is -0.129. The van der Waals surface area contributed by atoms with Crippen LogP contribution >= 0.6 is 0 Å². The molecule has 0 bridgehead atoms. The van der Waals surface area contributed by atoms with Crippen molar-refractivity contribution >= 4 is 18.0 Å². The van der Waals surface area contributed by atoms with Crippen molar-refractivity contribution in [2.24, 2.45) is 5.10 Å². The first-order valence-corrected chi connectivity index (χ1v) is 6.85. The topological polar surface area (TPSA) is 79.8 Å². The van der Waals surface area contributed by atoms with Gasteiger partial charge in [-0.3, -0.25) is 9.59 Å². The first-order valence-electron chi connectivity index (χ1n) is 6.85. The van der Waals surface area contributed by atoms with E-state index < -0.39 is 5.91 Å².